The van der Waals surface area contributed by atoms with Crippen LogP contribution in [-0.4, -0.2) is 359 Å². The molecule has 7 heterocycles. The van der Waals surface area contributed by atoms with Crippen LogP contribution in [0, 0.1) is 23.7 Å². The van der Waals surface area contributed by atoms with Gasteiger partial charge in [0, 0.05) is 163 Å². The molecule has 0 radical (unpaired) electrons. The van der Waals surface area contributed by atoms with Crippen LogP contribution < -0.4 is 16.0 Å². The van der Waals surface area contributed by atoms with Crippen molar-refractivity contribution in [2.24, 2.45) is 23.7 Å². The molecule has 6 N–H and O–H groups in total. The number of amides is 3. The van der Waals surface area contributed by atoms with Crippen molar-refractivity contribution in [1.82, 2.24) is 50.2 Å². The zero-order valence-corrected chi connectivity index (χ0v) is 97.1. The van der Waals surface area contributed by atoms with Crippen LogP contribution in [0.5, 0.6) is 0 Å². The standard InChI is InChI=1S/C28H60N4O8P2.C22H42N2O3.C21H43N2O4P.C17H31NO4.C17H33NO3/c1-19(2)29-24-11-26(31(13-24)21(5)6)15-37-41(33,34)18-28(40-23(9)10)17-39-42(35,36)38-16-27-12-25(30-20(3)4)14-32(27)22(7)8;1-16(2)8-7-9-21(25)13-19-12-20(15-27-18(5)6)24(14-19)22(26)10-11-23-17(3)4;1-9-18-10-21(13-22(18)15(2)3)27-28(8,24)25-14-19-11-20(26-17(6)7)12-23(19)16(4)5;1-11(2)16(19)8-17(20)18-9-15(22-13(5)6)7-14(18)10-21-12(3)4;1-12(2)7-8-17(19)18-10-16(21-14(5)6)9-15(18)11-20-13(3)4/h19-30H,11-18H2,1-10H3,(H,33,34)(H,35,36);16-20,23H,7-15H2,1-6H3;15-21,24H,8-14H2,1-7H3;11-15H,7-10H2,1-6H3;12-16H,7-11H2,1-6H3/t;;;14-,15+;15-,16+/m...00/s1. The summed E-state index contributed by atoms with van der Waals surface area (Å²) in [7, 11) is -11.6. The number of ketones is 2. The van der Waals surface area contributed by atoms with Crippen LogP contribution in [0.1, 0.15) is 345 Å². The molecule has 0 aromatic rings. The molecule has 7 aliphatic heterocycles. The Hall–Kier alpha value is -2.37. The third-order valence-corrected chi connectivity index (χ3v) is 29.6. The van der Waals surface area contributed by atoms with Crippen LogP contribution >= 0.6 is 23.0 Å². The van der Waals surface area contributed by atoms with Gasteiger partial charge in [-0.2, -0.15) is 0 Å². The van der Waals surface area contributed by atoms with Gasteiger partial charge in [0.2, 0.25) is 25.3 Å². The number of phosphoric ester groups is 1. The van der Waals surface area contributed by atoms with Gasteiger partial charge in [-0.1, -0.05) is 96.4 Å². The summed E-state index contributed by atoms with van der Waals surface area (Å²) in [6.07, 6.45) is 16.2. The van der Waals surface area contributed by atoms with E-state index < -0.39 is 29.1 Å². The zero-order valence-electron chi connectivity index (χ0n) is 94.4. The molecule has 140 heavy (non-hydrogen) atoms. The largest absolute Gasteiger partial charge is 0.472 e. The van der Waals surface area contributed by atoms with Gasteiger partial charge < -0.3 is 92.1 Å². The molecule has 32 nitrogen and oxygen atoms in total. The van der Waals surface area contributed by atoms with E-state index in [1.807, 2.05) is 92.9 Å². The maximum absolute atomic E-state index is 13.1. The highest BCUT2D eigenvalue weighted by Crippen LogP contribution is 2.49. The fraction of sp³-hybridized carbons (Fsp3) is 0.943. The van der Waals surface area contributed by atoms with E-state index in [2.05, 4.69) is 187 Å². The number of phosphoric acid groups is 1. The quantitative estimate of drug-likeness (QED) is 0.0243. The Morgan fingerprint density at radius 3 is 1.22 bits per heavy atom. The first-order valence-electron chi connectivity index (χ1n) is 54.1. The zero-order chi connectivity index (χ0) is 106. The predicted octanol–water partition coefficient (Wildman–Crippen LogP) is 17.0. The minimum Gasteiger partial charge on any atom is -0.377 e. The maximum Gasteiger partial charge on any atom is 0.472 e. The van der Waals surface area contributed by atoms with Crippen molar-refractivity contribution < 1.29 is 104 Å². The molecule has 0 saturated carbocycles. The molecule has 7 fully saturated rings. The van der Waals surface area contributed by atoms with Gasteiger partial charge in [-0.05, 0) is 241 Å². The molecule has 826 valence electrons. The lowest BCUT2D eigenvalue weighted by atomic mass is 9.96. The van der Waals surface area contributed by atoms with E-state index in [0.717, 1.165) is 96.8 Å². The first-order valence-corrected chi connectivity index (χ1v) is 59.1. The number of nitrogens with zero attached hydrogens (tertiary/aromatic N) is 7. The molecular formula is C105H209N10O22P3. The highest BCUT2D eigenvalue weighted by molar-refractivity contribution is 7.58. The van der Waals surface area contributed by atoms with Crippen LogP contribution in [0.4, 0.5) is 0 Å². The van der Waals surface area contributed by atoms with Gasteiger partial charge >= 0.3 is 15.4 Å². The van der Waals surface area contributed by atoms with Gasteiger partial charge in [-0.15, -0.1) is 0 Å². The predicted molar refractivity (Wildman–Crippen MR) is 567 cm³/mol. The first-order chi connectivity index (χ1) is 65.1. The SMILES string of the molecule is C=P(O)(OCC1CC(OC(C)C)CN1C(C)C)OC1CC(CC)N(C(C)C)C1.CC(C)CCC(=O)N1C[C@H](OC(C)C)C[C@H]1COC(C)C.CC(C)CCCC(=O)CC1CC(COC(C)C)N(C(=O)CCNC(C)C)C1.CC(C)NC1CC(COP(=O)(O)CC(COP(=O)(O)OCC2CC(NC(C)C)CN2C(C)C)OC(C)C)N(C(C)C)C1.CC(C)OC[C@@H]1C[C@@H](OC(C)C)CN1C(=O)CC(=O)C(C)C. The molecule has 14 unspecified atom stereocenters. The van der Waals surface area contributed by atoms with E-state index in [-0.39, 0.29) is 195 Å². The number of carbonyl (C=O) groups is 5. The minimum absolute atomic E-state index is 0.00128. The van der Waals surface area contributed by atoms with Gasteiger partial charge in [-0.25, -0.2) is 4.57 Å². The lowest BCUT2D eigenvalue weighted by Gasteiger charge is -2.30. The summed E-state index contributed by atoms with van der Waals surface area (Å²) in [6, 6.07) is 4.01. The molecule has 0 aliphatic carbocycles. The molecular weight excluding hydrogens is 1850 g/mol. The third kappa shape index (κ3) is 53.9. The van der Waals surface area contributed by atoms with Crippen molar-refractivity contribution in [3.05, 3.63) is 0 Å². The van der Waals surface area contributed by atoms with Gasteiger partial charge in [0.25, 0.3) is 0 Å². The monoisotopic (exact) mass is 2060 g/mol. The smallest absolute Gasteiger partial charge is 0.377 e. The summed E-state index contributed by atoms with van der Waals surface area (Å²) in [5.41, 5.74) is 0. The van der Waals surface area contributed by atoms with E-state index in [4.69, 9.17) is 55.8 Å². The number of Topliss-reactive ketones (excluding diaryl/α,β-unsaturated/α-hetero) is 2. The normalized spacial score (nSPS) is 25.6. The lowest BCUT2D eigenvalue weighted by molar-refractivity contribution is -0.138. The molecule has 7 rings (SSSR count). The van der Waals surface area contributed by atoms with Gasteiger partial charge in [0.15, 0.2) is 0 Å². The van der Waals surface area contributed by atoms with Crippen LogP contribution in [0.25, 0.3) is 0 Å². The third-order valence-electron chi connectivity index (χ3n) is 26.0. The van der Waals surface area contributed by atoms with Crippen molar-refractivity contribution in [2.75, 3.05) is 105 Å². The summed E-state index contributed by atoms with van der Waals surface area (Å²) in [4.78, 5) is 109. The Morgan fingerprint density at radius 2 is 0.800 bits per heavy atom. The number of carbonyl (C=O) groups excluding carboxylic acids is 5. The molecule has 7 saturated heterocycles. The summed E-state index contributed by atoms with van der Waals surface area (Å²) >= 11 is 0. The average Bonchev–Trinajstić information content (AvgIpc) is 1.65. The number of likely N-dealkylation sites (tertiary alicyclic amines) is 7. The number of nitrogens with one attached hydrogen (secondary N) is 3. The van der Waals surface area contributed by atoms with Gasteiger partial charge in [0.1, 0.15) is 11.6 Å². The molecule has 0 aromatic carbocycles. The Kier molecular flexibility index (Phi) is 62.5. The Balaban J connectivity index is 0.000000461. The topological polar surface area (TPSA) is 350 Å². The second kappa shape index (κ2) is 66.3. The summed E-state index contributed by atoms with van der Waals surface area (Å²) in [5.74, 6) is 2.02. The molecule has 7 aliphatic rings. The van der Waals surface area contributed by atoms with Crippen LogP contribution in [-0.2, 0) is 88.9 Å². The lowest BCUT2D eigenvalue weighted by Crippen LogP contribution is -2.40. The molecule has 0 spiro atoms. The molecule has 0 bridgehead atoms. The second-order valence-electron chi connectivity index (χ2n) is 45.7. The maximum atomic E-state index is 13.1. The Labute approximate surface area is 851 Å². The number of hydrogen-bond donors (Lipinski definition) is 6. The molecule has 18 atom stereocenters. The van der Waals surface area contributed by atoms with E-state index in [1.165, 1.54) is 0 Å². The summed E-state index contributed by atoms with van der Waals surface area (Å²) < 4.78 is 94.9. The summed E-state index contributed by atoms with van der Waals surface area (Å²) in [5, 5.41) is 10.4. The average molecular weight is 2060 g/mol. The van der Waals surface area contributed by atoms with Crippen LogP contribution in [0.2, 0.25) is 0 Å². The van der Waals surface area contributed by atoms with E-state index in [1.54, 1.807) is 18.7 Å². The molecule has 35 heteroatoms. The first kappa shape index (κ1) is 132. The number of ether oxygens (including phenoxy) is 7. The van der Waals surface area contributed by atoms with E-state index >= 15 is 0 Å². The van der Waals surface area contributed by atoms with Crippen molar-refractivity contribution in [2.45, 2.75) is 515 Å². The van der Waals surface area contributed by atoms with Crippen molar-refractivity contribution >= 4 is 58.6 Å². The summed E-state index contributed by atoms with van der Waals surface area (Å²) in [6.45, 7) is 80.1. The van der Waals surface area contributed by atoms with E-state index in [9.17, 15) is 47.8 Å². The minimum atomic E-state index is -4.44. The number of hydrogen-bond acceptors (Lipinski definition) is 27. The van der Waals surface area contributed by atoms with Crippen LogP contribution in [0.3, 0.4) is 0 Å². The number of rotatable bonds is 58. The highest BCUT2D eigenvalue weighted by atomic mass is 31.2. The molecule has 0 aromatic heterocycles. The van der Waals surface area contributed by atoms with Gasteiger partial charge in [-0.3, -0.25) is 57.2 Å². The fourth-order valence-corrected chi connectivity index (χ4v) is 22.8. The van der Waals surface area contributed by atoms with Crippen molar-refractivity contribution in [3.63, 3.8) is 0 Å². The van der Waals surface area contributed by atoms with Crippen molar-refractivity contribution in [3.8, 4) is 0 Å². The Bertz CT molecular complexity index is 3580. The van der Waals surface area contributed by atoms with E-state index in [0.29, 0.717) is 132 Å². The molecule has 3 amide bonds. The Morgan fingerprint density at radius 1 is 0.400 bits per heavy atom. The fourth-order valence-electron chi connectivity index (χ4n) is 19.7. The highest BCUT2D eigenvalue weighted by Gasteiger charge is 2.45. The van der Waals surface area contributed by atoms with Crippen molar-refractivity contribution in [1.29, 1.82) is 0 Å². The van der Waals surface area contributed by atoms with Gasteiger partial charge in [0.05, 0.1) is 150 Å². The second-order valence-corrected chi connectivity index (χ2v) is 50.8. The van der Waals surface area contributed by atoms with Crippen LogP contribution in [0.15, 0.2) is 0 Å².